The fraction of sp³-hybridized carbons (Fsp3) is 0.0909. The van der Waals surface area contributed by atoms with Gasteiger partial charge in [-0.05, 0) is 0 Å². The number of nitrogen functional groups attached to an aromatic ring is 1. The molecule has 5 nitrogen and oxygen atoms in total. The number of ether oxygens (including phenoxy) is 1. The Morgan fingerprint density at radius 1 is 1.38 bits per heavy atom. The Balaban J connectivity index is 2.53. The Morgan fingerprint density at radius 3 is 2.69 bits per heavy atom. The third kappa shape index (κ3) is 1.75. The first kappa shape index (κ1) is 10.2. The van der Waals surface area contributed by atoms with Gasteiger partial charge in [0.05, 0.1) is 7.11 Å². The van der Waals surface area contributed by atoms with Gasteiger partial charge in [0.25, 0.3) is 6.01 Å². The van der Waals surface area contributed by atoms with Crippen molar-refractivity contribution in [2.75, 3.05) is 12.8 Å². The third-order valence-corrected chi connectivity index (χ3v) is 2.06. The molecule has 0 spiro atoms. The van der Waals surface area contributed by atoms with E-state index in [0.717, 1.165) is 5.56 Å². The molecule has 5 heteroatoms. The predicted molar refractivity (Wildman–Crippen MR) is 57.7 cm³/mol. The number of esters is 1. The summed E-state index contributed by atoms with van der Waals surface area (Å²) in [7, 11) is 1.28. The lowest BCUT2D eigenvalue weighted by Gasteiger charge is -1.98. The number of oxazole rings is 1. The van der Waals surface area contributed by atoms with E-state index in [9.17, 15) is 4.79 Å². The van der Waals surface area contributed by atoms with Crippen LogP contribution in [0.15, 0.2) is 34.7 Å². The van der Waals surface area contributed by atoms with E-state index in [4.69, 9.17) is 10.2 Å². The fourth-order valence-electron chi connectivity index (χ4n) is 1.36. The molecule has 2 N–H and O–H groups in total. The minimum absolute atomic E-state index is 0.0562. The van der Waals surface area contributed by atoms with E-state index in [-0.39, 0.29) is 11.7 Å². The number of anilines is 1. The van der Waals surface area contributed by atoms with Crippen LogP contribution < -0.4 is 5.73 Å². The normalized spacial score (nSPS) is 10.1. The van der Waals surface area contributed by atoms with Crippen LogP contribution in [0.1, 0.15) is 10.5 Å². The lowest BCUT2D eigenvalue weighted by Crippen LogP contribution is -2.03. The van der Waals surface area contributed by atoms with Crippen LogP contribution >= 0.6 is 0 Å². The SMILES string of the molecule is COC(=O)c1nc(N)oc1-c1ccccc1. The summed E-state index contributed by atoms with van der Waals surface area (Å²) >= 11 is 0. The molecule has 0 saturated carbocycles. The number of rotatable bonds is 2. The summed E-state index contributed by atoms with van der Waals surface area (Å²) in [5.74, 6) is -0.246. The summed E-state index contributed by atoms with van der Waals surface area (Å²) in [6.45, 7) is 0. The molecule has 1 aromatic heterocycles. The van der Waals surface area contributed by atoms with E-state index in [0.29, 0.717) is 5.76 Å². The van der Waals surface area contributed by atoms with Gasteiger partial charge in [-0.25, -0.2) is 4.79 Å². The summed E-state index contributed by atoms with van der Waals surface area (Å²) in [6.07, 6.45) is 0. The Morgan fingerprint density at radius 2 is 2.06 bits per heavy atom. The zero-order chi connectivity index (χ0) is 11.5. The van der Waals surface area contributed by atoms with E-state index in [1.165, 1.54) is 7.11 Å². The molecule has 0 fully saturated rings. The van der Waals surface area contributed by atoms with Crippen molar-refractivity contribution in [3.63, 3.8) is 0 Å². The van der Waals surface area contributed by atoms with Gasteiger partial charge in [-0.2, -0.15) is 4.98 Å². The molecular weight excluding hydrogens is 208 g/mol. The van der Waals surface area contributed by atoms with Gasteiger partial charge in [0, 0.05) is 5.56 Å². The molecule has 0 radical (unpaired) electrons. The van der Waals surface area contributed by atoms with Crippen LogP contribution in [0.5, 0.6) is 0 Å². The van der Waals surface area contributed by atoms with Gasteiger partial charge in [-0.15, -0.1) is 0 Å². The number of carbonyl (C=O) groups is 1. The van der Waals surface area contributed by atoms with Gasteiger partial charge in [-0.3, -0.25) is 0 Å². The van der Waals surface area contributed by atoms with Gasteiger partial charge in [0.1, 0.15) is 0 Å². The summed E-state index contributed by atoms with van der Waals surface area (Å²) in [6, 6.07) is 9.06. The topological polar surface area (TPSA) is 78.3 Å². The first-order valence-corrected chi connectivity index (χ1v) is 4.62. The fourth-order valence-corrected chi connectivity index (χ4v) is 1.36. The second-order valence-electron chi connectivity index (χ2n) is 3.09. The number of carbonyl (C=O) groups excluding carboxylic acids is 1. The minimum Gasteiger partial charge on any atom is -0.464 e. The van der Waals surface area contributed by atoms with Crippen LogP contribution in [-0.2, 0) is 4.74 Å². The number of aromatic nitrogens is 1. The van der Waals surface area contributed by atoms with Crippen molar-refractivity contribution in [1.82, 2.24) is 4.98 Å². The van der Waals surface area contributed by atoms with Gasteiger partial charge in [0.2, 0.25) is 0 Å². The van der Waals surface area contributed by atoms with Crippen molar-refractivity contribution in [2.24, 2.45) is 0 Å². The van der Waals surface area contributed by atoms with Crippen LogP contribution in [0, 0.1) is 0 Å². The molecule has 0 atom stereocenters. The Bertz CT molecular complexity index is 505. The molecule has 1 aromatic carbocycles. The van der Waals surface area contributed by atoms with Gasteiger partial charge in [0.15, 0.2) is 11.5 Å². The molecule has 82 valence electrons. The van der Waals surface area contributed by atoms with Crippen LogP contribution in [-0.4, -0.2) is 18.1 Å². The number of methoxy groups -OCH3 is 1. The number of hydrogen-bond acceptors (Lipinski definition) is 5. The molecule has 16 heavy (non-hydrogen) atoms. The van der Waals surface area contributed by atoms with E-state index in [1.807, 2.05) is 18.2 Å². The second kappa shape index (κ2) is 4.06. The molecule has 2 rings (SSSR count). The van der Waals surface area contributed by atoms with E-state index in [2.05, 4.69) is 9.72 Å². The summed E-state index contributed by atoms with van der Waals surface area (Å²) in [4.78, 5) is 15.2. The summed E-state index contributed by atoms with van der Waals surface area (Å²) in [5, 5.41) is 0. The molecule has 0 saturated heterocycles. The highest BCUT2D eigenvalue weighted by atomic mass is 16.5. The first-order valence-electron chi connectivity index (χ1n) is 4.62. The van der Waals surface area contributed by atoms with E-state index in [1.54, 1.807) is 12.1 Å². The van der Waals surface area contributed by atoms with Gasteiger partial charge < -0.3 is 14.9 Å². The van der Waals surface area contributed by atoms with Crippen molar-refractivity contribution in [3.05, 3.63) is 36.0 Å². The van der Waals surface area contributed by atoms with Crippen molar-refractivity contribution in [2.45, 2.75) is 0 Å². The molecule has 0 aliphatic heterocycles. The second-order valence-corrected chi connectivity index (χ2v) is 3.09. The molecule has 0 bridgehead atoms. The minimum atomic E-state index is -0.570. The van der Waals surface area contributed by atoms with E-state index < -0.39 is 5.97 Å². The van der Waals surface area contributed by atoms with Crippen molar-refractivity contribution >= 4 is 12.0 Å². The first-order chi connectivity index (χ1) is 7.72. The third-order valence-electron chi connectivity index (χ3n) is 2.06. The average molecular weight is 218 g/mol. The number of hydrogen-bond donors (Lipinski definition) is 1. The predicted octanol–water partition coefficient (Wildman–Crippen LogP) is 1.71. The standard InChI is InChI=1S/C11H10N2O3/c1-15-10(14)8-9(16-11(12)13-8)7-5-3-2-4-6-7/h2-6H,1H3,(H2,12,13). The number of nitrogens with zero attached hydrogens (tertiary/aromatic N) is 1. The highest BCUT2D eigenvalue weighted by molar-refractivity contribution is 5.94. The van der Waals surface area contributed by atoms with Crippen molar-refractivity contribution < 1.29 is 13.9 Å². The molecule has 0 unspecified atom stereocenters. The average Bonchev–Trinajstić information content (AvgIpc) is 2.71. The molecule has 2 aromatic rings. The van der Waals surface area contributed by atoms with Gasteiger partial charge >= 0.3 is 5.97 Å². The Kier molecular flexibility index (Phi) is 2.59. The lowest BCUT2D eigenvalue weighted by atomic mass is 10.1. The van der Waals surface area contributed by atoms with Gasteiger partial charge in [-0.1, -0.05) is 30.3 Å². The number of nitrogens with two attached hydrogens (primary N) is 1. The quantitative estimate of drug-likeness (QED) is 0.776. The number of benzene rings is 1. The lowest BCUT2D eigenvalue weighted by molar-refractivity contribution is 0.0595. The zero-order valence-electron chi connectivity index (χ0n) is 8.64. The molecular formula is C11H10N2O3. The monoisotopic (exact) mass is 218 g/mol. The van der Waals surface area contributed by atoms with Crippen LogP contribution in [0.2, 0.25) is 0 Å². The summed E-state index contributed by atoms with van der Waals surface area (Å²) in [5.41, 5.74) is 6.24. The van der Waals surface area contributed by atoms with Crippen LogP contribution in [0.25, 0.3) is 11.3 Å². The zero-order valence-corrected chi connectivity index (χ0v) is 8.64. The largest absolute Gasteiger partial charge is 0.464 e. The van der Waals surface area contributed by atoms with Crippen LogP contribution in [0.4, 0.5) is 6.01 Å². The van der Waals surface area contributed by atoms with Crippen LogP contribution in [0.3, 0.4) is 0 Å². The molecule has 1 heterocycles. The van der Waals surface area contributed by atoms with Crippen molar-refractivity contribution in [1.29, 1.82) is 0 Å². The molecule has 0 aliphatic carbocycles. The molecule has 0 amide bonds. The summed E-state index contributed by atoms with van der Waals surface area (Å²) < 4.78 is 9.78. The smallest absolute Gasteiger partial charge is 0.360 e. The highest BCUT2D eigenvalue weighted by Gasteiger charge is 2.20. The maximum Gasteiger partial charge on any atom is 0.360 e. The van der Waals surface area contributed by atoms with Crippen molar-refractivity contribution in [3.8, 4) is 11.3 Å². The maximum atomic E-state index is 11.4. The highest BCUT2D eigenvalue weighted by Crippen LogP contribution is 2.26. The maximum absolute atomic E-state index is 11.4. The Labute approximate surface area is 91.8 Å². The Hall–Kier alpha value is -2.30. The van der Waals surface area contributed by atoms with E-state index >= 15 is 0 Å². The molecule has 0 aliphatic rings.